The summed E-state index contributed by atoms with van der Waals surface area (Å²) < 4.78 is 1.87. The smallest absolute Gasteiger partial charge is 0.227 e. The van der Waals surface area contributed by atoms with Gasteiger partial charge in [-0.15, -0.1) is 5.10 Å². The molecule has 0 aliphatic carbocycles. The highest BCUT2D eigenvalue weighted by Gasteiger charge is 2.33. The van der Waals surface area contributed by atoms with Gasteiger partial charge in [0.2, 0.25) is 11.8 Å². The van der Waals surface area contributed by atoms with Gasteiger partial charge in [0.05, 0.1) is 23.5 Å². The van der Waals surface area contributed by atoms with Gasteiger partial charge in [-0.05, 0) is 31.9 Å². The number of aliphatic hydroxyl groups excluding tert-OH is 1. The molecule has 8 heteroatoms. The molecule has 1 aliphatic rings. The Morgan fingerprint density at radius 3 is 2.47 bits per heavy atom. The number of para-hydroxylation sites is 1. The van der Waals surface area contributed by atoms with Gasteiger partial charge in [0, 0.05) is 30.6 Å². The van der Waals surface area contributed by atoms with E-state index < -0.39 is 11.4 Å². The monoisotopic (exact) mass is 433 g/mol. The summed E-state index contributed by atoms with van der Waals surface area (Å²) in [6.45, 7) is 4.41. The van der Waals surface area contributed by atoms with Crippen LogP contribution in [0.5, 0.6) is 0 Å². The third-order valence-electron chi connectivity index (χ3n) is 5.90. The predicted molar refractivity (Wildman–Crippen MR) is 122 cm³/mol. The SMILES string of the molecule is CC(C)(CCO)n1nnc2c1-c1ccccc1CN(C(=O)CCC(N)=O)c1ccccc1-2. The van der Waals surface area contributed by atoms with Crippen LogP contribution in [-0.4, -0.2) is 38.5 Å². The van der Waals surface area contributed by atoms with Crippen molar-refractivity contribution in [2.75, 3.05) is 11.5 Å². The standard InChI is InChI=1S/C24H27N5O3/c1-24(2,13-14-30)29-23-17-8-4-3-7-16(17)15-28(21(32)12-11-20(25)31)19-10-6-5-9-18(19)22(23)26-27-29/h3-10,30H,11-15H2,1-2H3,(H2,25,31). The number of fused-ring (bicyclic) bond motifs is 5. The molecule has 0 spiro atoms. The van der Waals surface area contributed by atoms with Crippen molar-refractivity contribution in [1.82, 2.24) is 15.0 Å². The fourth-order valence-electron chi connectivity index (χ4n) is 4.15. The van der Waals surface area contributed by atoms with Crippen LogP contribution in [0.2, 0.25) is 0 Å². The highest BCUT2D eigenvalue weighted by molar-refractivity contribution is 6.01. The molecule has 166 valence electrons. The summed E-state index contributed by atoms with van der Waals surface area (Å²) in [6.07, 6.45) is 0.551. The second-order valence-corrected chi connectivity index (χ2v) is 8.60. The Labute approximate surface area is 186 Å². The Bertz CT molecular complexity index is 1170. The first kappa shape index (κ1) is 21.7. The van der Waals surface area contributed by atoms with Crippen molar-refractivity contribution in [2.24, 2.45) is 5.73 Å². The molecule has 8 nitrogen and oxygen atoms in total. The van der Waals surface area contributed by atoms with E-state index in [9.17, 15) is 14.7 Å². The molecule has 0 bridgehead atoms. The minimum Gasteiger partial charge on any atom is -0.396 e. The van der Waals surface area contributed by atoms with Crippen LogP contribution in [0.25, 0.3) is 22.5 Å². The van der Waals surface area contributed by atoms with E-state index in [1.165, 1.54) is 0 Å². The van der Waals surface area contributed by atoms with Crippen molar-refractivity contribution in [3.05, 3.63) is 54.1 Å². The third kappa shape index (κ3) is 3.89. The highest BCUT2D eigenvalue weighted by atomic mass is 16.3. The van der Waals surface area contributed by atoms with Gasteiger partial charge in [-0.25, -0.2) is 4.68 Å². The maximum Gasteiger partial charge on any atom is 0.227 e. The van der Waals surface area contributed by atoms with Gasteiger partial charge in [0.1, 0.15) is 5.69 Å². The van der Waals surface area contributed by atoms with E-state index in [1.807, 2.05) is 67.1 Å². The summed E-state index contributed by atoms with van der Waals surface area (Å²) in [4.78, 5) is 26.1. The van der Waals surface area contributed by atoms with Gasteiger partial charge in [-0.2, -0.15) is 0 Å². The molecule has 0 saturated carbocycles. The number of carbonyl (C=O) groups excluding carboxylic acids is 2. The van der Waals surface area contributed by atoms with Gasteiger partial charge < -0.3 is 15.7 Å². The fourth-order valence-corrected chi connectivity index (χ4v) is 4.15. The number of nitrogens with two attached hydrogens (primary N) is 1. The van der Waals surface area contributed by atoms with Crippen molar-refractivity contribution < 1.29 is 14.7 Å². The quantitative estimate of drug-likeness (QED) is 0.620. The Morgan fingerprint density at radius 1 is 1.06 bits per heavy atom. The molecule has 0 radical (unpaired) electrons. The van der Waals surface area contributed by atoms with Crippen LogP contribution in [0.15, 0.2) is 48.5 Å². The lowest BCUT2D eigenvalue weighted by Gasteiger charge is -2.31. The van der Waals surface area contributed by atoms with Gasteiger partial charge in [-0.3, -0.25) is 9.59 Å². The number of carbonyl (C=O) groups is 2. The molecule has 0 fully saturated rings. The van der Waals surface area contributed by atoms with Crippen LogP contribution in [0, 0.1) is 0 Å². The molecular weight excluding hydrogens is 406 g/mol. The van der Waals surface area contributed by atoms with E-state index in [0.717, 1.165) is 22.4 Å². The summed E-state index contributed by atoms with van der Waals surface area (Å²) >= 11 is 0. The Kier molecular flexibility index (Phi) is 5.80. The molecule has 2 aromatic carbocycles. The number of rotatable bonds is 6. The number of primary amides is 1. The van der Waals surface area contributed by atoms with Crippen molar-refractivity contribution >= 4 is 17.5 Å². The van der Waals surface area contributed by atoms with E-state index in [-0.39, 0.29) is 25.4 Å². The van der Waals surface area contributed by atoms with E-state index in [4.69, 9.17) is 5.73 Å². The fraction of sp³-hybridized carbons (Fsp3) is 0.333. The highest BCUT2D eigenvalue weighted by Crippen LogP contribution is 2.42. The number of nitrogens with zero attached hydrogens (tertiary/aromatic N) is 4. The van der Waals surface area contributed by atoms with Crippen molar-refractivity contribution in [3.8, 4) is 22.5 Å². The molecule has 32 heavy (non-hydrogen) atoms. The Morgan fingerprint density at radius 2 is 1.75 bits per heavy atom. The van der Waals surface area contributed by atoms with Gasteiger partial charge >= 0.3 is 0 Å². The van der Waals surface area contributed by atoms with Crippen LogP contribution < -0.4 is 10.6 Å². The largest absolute Gasteiger partial charge is 0.396 e. The molecule has 3 aromatic rings. The first-order valence-corrected chi connectivity index (χ1v) is 10.7. The normalized spacial score (nSPS) is 12.9. The summed E-state index contributed by atoms with van der Waals surface area (Å²) in [5, 5.41) is 18.6. The van der Waals surface area contributed by atoms with Gasteiger partial charge in [0.15, 0.2) is 0 Å². The minimum absolute atomic E-state index is 0.00404. The third-order valence-corrected chi connectivity index (χ3v) is 5.90. The summed E-state index contributed by atoms with van der Waals surface area (Å²) in [7, 11) is 0. The number of anilines is 1. The predicted octanol–water partition coefficient (Wildman–Crippen LogP) is 2.84. The van der Waals surface area contributed by atoms with Crippen LogP contribution in [-0.2, 0) is 21.7 Å². The number of hydrogen-bond acceptors (Lipinski definition) is 5. The molecule has 1 aliphatic heterocycles. The van der Waals surface area contributed by atoms with Crippen LogP contribution in [0.4, 0.5) is 5.69 Å². The van der Waals surface area contributed by atoms with E-state index in [2.05, 4.69) is 10.3 Å². The van der Waals surface area contributed by atoms with Crippen molar-refractivity contribution in [2.45, 2.75) is 45.2 Å². The van der Waals surface area contributed by atoms with Crippen molar-refractivity contribution in [1.29, 1.82) is 0 Å². The maximum absolute atomic E-state index is 13.2. The number of aliphatic hydroxyl groups is 1. The molecule has 3 N–H and O–H groups in total. The van der Waals surface area contributed by atoms with Crippen LogP contribution >= 0.6 is 0 Å². The second-order valence-electron chi connectivity index (χ2n) is 8.60. The number of amides is 2. The molecule has 4 rings (SSSR count). The number of aromatic nitrogens is 3. The van der Waals surface area contributed by atoms with Gasteiger partial charge in [-0.1, -0.05) is 47.7 Å². The lowest BCUT2D eigenvalue weighted by atomic mass is 9.93. The maximum atomic E-state index is 13.2. The molecular formula is C24H27N5O3. The first-order chi connectivity index (χ1) is 15.3. The summed E-state index contributed by atoms with van der Waals surface area (Å²) in [5.41, 5.74) is 9.72. The van der Waals surface area contributed by atoms with E-state index in [0.29, 0.717) is 24.3 Å². The lowest BCUT2D eigenvalue weighted by Crippen LogP contribution is -2.33. The topological polar surface area (TPSA) is 114 Å². The summed E-state index contributed by atoms with van der Waals surface area (Å²) in [5.74, 6) is -0.682. The molecule has 0 saturated heterocycles. The lowest BCUT2D eigenvalue weighted by molar-refractivity contribution is -0.123. The number of hydrogen-bond donors (Lipinski definition) is 2. The molecule has 0 atom stereocenters. The van der Waals surface area contributed by atoms with E-state index >= 15 is 0 Å². The average molecular weight is 434 g/mol. The zero-order valence-electron chi connectivity index (χ0n) is 18.3. The molecule has 1 aromatic heterocycles. The Balaban J connectivity index is 1.95. The van der Waals surface area contributed by atoms with Crippen molar-refractivity contribution in [3.63, 3.8) is 0 Å². The molecule has 2 amide bonds. The van der Waals surface area contributed by atoms with Crippen LogP contribution in [0.3, 0.4) is 0 Å². The minimum atomic E-state index is -0.504. The first-order valence-electron chi connectivity index (χ1n) is 10.7. The summed E-state index contributed by atoms with van der Waals surface area (Å²) in [6, 6.07) is 15.5. The zero-order chi connectivity index (χ0) is 22.9. The molecule has 2 heterocycles. The van der Waals surface area contributed by atoms with E-state index in [1.54, 1.807) is 4.90 Å². The molecule has 0 unspecified atom stereocenters. The van der Waals surface area contributed by atoms with Gasteiger partial charge in [0.25, 0.3) is 0 Å². The van der Waals surface area contributed by atoms with Crippen LogP contribution in [0.1, 0.15) is 38.7 Å². The number of benzene rings is 2. The Hall–Kier alpha value is -3.52. The average Bonchev–Trinajstić information content (AvgIpc) is 3.20. The zero-order valence-corrected chi connectivity index (χ0v) is 18.3. The second kappa shape index (κ2) is 8.55.